The zero-order chi connectivity index (χ0) is 16.2. The van der Waals surface area contributed by atoms with Gasteiger partial charge in [-0.1, -0.05) is 5.16 Å². The summed E-state index contributed by atoms with van der Waals surface area (Å²) in [6, 6.07) is 2.05. The Hall–Kier alpha value is -1.60. The topological polar surface area (TPSA) is 70.8 Å². The number of urea groups is 1. The Morgan fingerprint density at radius 2 is 2.22 bits per heavy atom. The van der Waals surface area contributed by atoms with E-state index in [0.717, 1.165) is 63.6 Å². The summed E-state index contributed by atoms with van der Waals surface area (Å²) >= 11 is 0. The summed E-state index contributed by atoms with van der Waals surface area (Å²) in [7, 11) is 0. The second kappa shape index (κ2) is 7.31. The summed E-state index contributed by atoms with van der Waals surface area (Å²) in [6.45, 7) is 8.67. The van der Waals surface area contributed by atoms with Gasteiger partial charge in [0.15, 0.2) is 5.76 Å². The van der Waals surface area contributed by atoms with E-state index in [1.807, 2.05) is 24.8 Å². The molecular formula is C16H26N4O3. The molecule has 2 amide bonds. The predicted molar refractivity (Wildman–Crippen MR) is 85.1 cm³/mol. The number of nitrogens with zero attached hydrogens (tertiary/aromatic N) is 3. The van der Waals surface area contributed by atoms with Crippen molar-refractivity contribution in [3.8, 4) is 0 Å². The summed E-state index contributed by atoms with van der Waals surface area (Å²) in [6.07, 6.45) is 2.28. The molecule has 7 nitrogen and oxygen atoms in total. The van der Waals surface area contributed by atoms with Crippen LogP contribution in [0.5, 0.6) is 0 Å². The van der Waals surface area contributed by atoms with Crippen molar-refractivity contribution in [1.29, 1.82) is 0 Å². The Balaban J connectivity index is 1.41. The second-order valence-electron chi connectivity index (χ2n) is 6.49. The highest BCUT2D eigenvalue weighted by Crippen LogP contribution is 2.16. The highest BCUT2D eigenvalue weighted by atomic mass is 16.5. The molecule has 0 radical (unpaired) electrons. The van der Waals surface area contributed by atoms with Crippen LogP contribution in [0.4, 0.5) is 4.79 Å². The molecule has 1 N–H and O–H groups in total. The normalized spacial score (nSPS) is 23.9. The molecule has 3 rings (SSSR count). The number of aryl methyl sites for hydroxylation is 1. The van der Waals surface area contributed by atoms with Crippen LogP contribution in [0.15, 0.2) is 10.6 Å². The van der Waals surface area contributed by atoms with Gasteiger partial charge in [-0.05, 0) is 26.7 Å². The largest absolute Gasteiger partial charge is 0.376 e. The fourth-order valence-electron chi connectivity index (χ4n) is 3.20. The molecule has 2 atom stereocenters. The maximum Gasteiger partial charge on any atom is 0.317 e. The standard InChI is InChI=1S/C16H26N4O3/c1-12-10-14(23-18-12)11-19-5-7-20(8-6-19)16(21)17-13(2)15-4-3-9-22-15/h10,13,15H,3-9,11H2,1-2H3,(H,17,21)/t13-,15+/m0/s1. The molecule has 2 aliphatic heterocycles. The third-order valence-electron chi connectivity index (χ3n) is 4.59. The SMILES string of the molecule is Cc1cc(CN2CCN(C(=O)N[C@@H](C)[C@H]3CCCO3)CC2)on1. The molecular weight excluding hydrogens is 296 g/mol. The van der Waals surface area contributed by atoms with Crippen LogP contribution in [0.1, 0.15) is 31.2 Å². The fraction of sp³-hybridized carbons (Fsp3) is 0.750. The minimum absolute atomic E-state index is 0.0168. The van der Waals surface area contributed by atoms with Gasteiger partial charge in [0, 0.05) is 38.9 Å². The molecule has 2 aliphatic rings. The molecule has 128 valence electrons. The van der Waals surface area contributed by atoms with E-state index in [-0.39, 0.29) is 18.2 Å². The Morgan fingerprint density at radius 1 is 1.43 bits per heavy atom. The average molecular weight is 322 g/mol. The van der Waals surface area contributed by atoms with Gasteiger partial charge in [-0.25, -0.2) is 4.79 Å². The minimum Gasteiger partial charge on any atom is -0.376 e. The van der Waals surface area contributed by atoms with Gasteiger partial charge >= 0.3 is 6.03 Å². The van der Waals surface area contributed by atoms with Gasteiger partial charge < -0.3 is 19.5 Å². The lowest BCUT2D eigenvalue weighted by Crippen LogP contribution is -2.54. The zero-order valence-electron chi connectivity index (χ0n) is 14.0. The van der Waals surface area contributed by atoms with Crippen molar-refractivity contribution < 1.29 is 14.1 Å². The molecule has 1 aromatic heterocycles. The van der Waals surface area contributed by atoms with Crippen molar-refractivity contribution in [2.24, 2.45) is 0 Å². The van der Waals surface area contributed by atoms with Crippen LogP contribution >= 0.6 is 0 Å². The zero-order valence-corrected chi connectivity index (χ0v) is 14.0. The molecule has 0 unspecified atom stereocenters. The van der Waals surface area contributed by atoms with Gasteiger partial charge in [-0.2, -0.15) is 0 Å². The van der Waals surface area contributed by atoms with Crippen molar-refractivity contribution >= 4 is 6.03 Å². The first kappa shape index (κ1) is 16.3. The van der Waals surface area contributed by atoms with Crippen molar-refractivity contribution in [3.63, 3.8) is 0 Å². The van der Waals surface area contributed by atoms with Gasteiger partial charge in [0.25, 0.3) is 0 Å². The molecule has 3 heterocycles. The summed E-state index contributed by atoms with van der Waals surface area (Å²) in [5, 5.41) is 6.98. The first-order chi connectivity index (χ1) is 11.1. The highest BCUT2D eigenvalue weighted by molar-refractivity contribution is 5.74. The molecule has 0 spiro atoms. The van der Waals surface area contributed by atoms with Gasteiger partial charge in [0.1, 0.15) is 0 Å². The molecule has 2 fully saturated rings. The lowest BCUT2D eigenvalue weighted by Gasteiger charge is -2.35. The predicted octanol–water partition coefficient (Wildman–Crippen LogP) is 1.38. The van der Waals surface area contributed by atoms with Crippen LogP contribution in [-0.2, 0) is 11.3 Å². The minimum atomic E-state index is 0.0168. The van der Waals surface area contributed by atoms with Crippen molar-refractivity contribution in [3.05, 3.63) is 17.5 Å². The van der Waals surface area contributed by atoms with E-state index in [1.165, 1.54) is 0 Å². The van der Waals surface area contributed by atoms with Crippen LogP contribution in [0.25, 0.3) is 0 Å². The molecule has 0 aromatic carbocycles. The van der Waals surface area contributed by atoms with Crippen LogP contribution in [0.2, 0.25) is 0 Å². The van der Waals surface area contributed by atoms with E-state index in [0.29, 0.717) is 0 Å². The number of hydrogen-bond acceptors (Lipinski definition) is 5. The average Bonchev–Trinajstić information content (AvgIpc) is 3.20. The van der Waals surface area contributed by atoms with Crippen molar-refractivity contribution in [2.75, 3.05) is 32.8 Å². The molecule has 2 saturated heterocycles. The first-order valence-corrected chi connectivity index (χ1v) is 8.43. The Labute approximate surface area is 136 Å². The summed E-state index contributed by atoms with van der Waals surface area (Å²) < 4.78 is 10.9. The number of rotatable bonds is 4. The smallest absolute Gasteiger partial charge is 0.317 e. The van der Waals surface area contributed by atoms with Crippen molar-refractivity contribution in [2.45, 2.75) is 45.4 Å². The van der Waals surface area contributed by atoms with Gasteiger partial charge in [0.2, 0.25) is 0 Å². The number of nitrogens with one attached hydrogen (secondary N) is 1. The van der Waals surface area contributed by atoms with E-state index in [2.05, 4.69) is 15.4 Å². The lowest BCUT2D eigenvalue weighted by atomic mass is 10.1. The van der Waals surface area contributed by atoms with Crippen LogP contribution in [-0.4, -0.2) is 65.9 Å². The monoisotopic (exact) mass is 322 g/mol. The first-order valence-electron chi connectivity index (χ1n) is 8.43. The molecule has 0 bridgehead atoms. The third kappa shape index (κ3) is 4.23. The molecule has 23 heavy (non-hydrogen) atoms. The van der Waals surface area contributed by atoms with Crippen LogP contribution in [0.3, 0.4) is 0 Å². The van der Waals surface area contributed by atoms with Crippen LogP contribution < -0.4 is 5.32 Å². The second-order valence-corrected chi connectivity index (χ2v) is 6.49. The Kier molecular flexibility index (Phi) is 5.17. The van der Waals surface area contributed by atoms with E-state index in [4.69, 9.17) is 9.26 Å². The third-order valence-corrected chi connectivity index (χ3v) is 4.59. The number of carbonyl (C=O) groups excluding carboxylic acids is 1. The summed E-state index contributed by atoms with van der Waals surface area (Å²) in [5.41, 5.74) is 0.904. The van der Waals surface area contributed by atoms with E-state index >= 15 is 0 Å². The molecule has 7 heteroatoms. The number of piperazine rings is 1. The summed E-state index contributed by atoms with van der Waals surface area (Å²) in [4.78, 5) is 16.5. The number of carbonyl (C=O) groups is 1. The van der Waals surface area contributed by atoms with Crippen molar-refractivity contribution in [1.82, 2.24) is 20.3 Å². The van der Waals surface area contributed by atoms with Gasteiger partial charge in [-0.15, -0.1) is 0 Å². The van der Waals surface area contributed by atoms with Gasteiger partial charge in [-0.3, -0.25) is 4.90 Å². The molecule has 0 saturated carbocycles. The maximum atomic E-state index is 12.3. The summed E-state index contributed by atoms with van der Waals surface area (Å²) in [5.74, 6) is 0.882. The highest BCUT2D eigenvalue weighted by Gasteiger charge is 2.27. The maximum absolute atomic E-state index is 12.3. The quantitative estimate of drug-likeness (QED) is 0.907. The number of aromatic nitrogens is 1. The Bertz CT molecular complexity index is 519. The number of amides is 2. The lowest BCUT2D eigenvalue weighted by molar-refractivity contribution is 0.0795. The van der Waals surface area contributed by atoms with Crippen LogP contribution in [0, 0.1) is 6.92 Å². The van der Waals surface area contributed by atoms with E-state index < -0.39 is 0 Å². The van der Waals surface area contributed by atoms with E-state index in [9.17, 15) is 4.79 Å². The molecule has 0 aliphatic carbocycles. The Morgan fingerprint density at radius 3 is 2.83 bits per heavy atom. The van der Waals surface area contributed by atoms with Gasteiger partial charge in [0.05, 0.1) is 24.4 Å². The fourth-order valence-corrected chi connectivity index (χ4v) is 3.20. The number of ether oxygens (including phenoxy) is 1. The molecule has 1 aromatic rings. The van der Waals surface area contributed by atoms with E-state index in [1.54, 1.807) is 0 Å². The number of hydrogen-bond donors (Lipinski definition) is 1.